The van der Waals surface area contributed by atoms with Crippen molar-refractivity contribution in [1.82, 2.24) is 9.97 Å². The SMILES string of the molecule is Nc1ncc(-c2cccc(CO[C@H]3CCOC3)c2)c(C(F)(F)F)n1. The number of benzene rings is 1. The first-order valence-electron chi connectivity index (χ1n) is 7.42. The molecule has 8 heteroatoms. The second-order valence-corrected chi connectivity index (χ2v) is 5.49. The molecule has 1 saturated heterocycles. The first-order valence-corrected chi connectivity index (χ1v) is 7.42. The Morgan fingerprint density at radius 2 is 2.17 bits per heavy atom. The average molecular weight is 339 g/mol. The summed E-state index contributed by atoms with van der Waals surface area (Å²) in [7, 11) is 0. The molecule has 1 aliphatic rings. The van der Waals surface area contributed by atoms with E-state index in [2.05, 4.69) is 9.97 Å². The molecule has 0 amide bonds. The zero-order valence-corrected chi connectivity index (χ0v) is 12.7. The van der Waals surface area contributed by atoms with Gasteiger partial charge >= 0.3 is 6.18 Å². The smallest absolute Gasteiger partial charge is 0.379 e. The predicted octanol–water partition coefficient (Wildman–Crippen LogP) is 3.05. The van der Waals surface area contributed by atoms with Crippen molar-refractivity contribution < 1.29 is 22.6 Å². The number of rotatable bonds is 4. The Labute approximate surface area is 136 Å². The van der Waals surface area contributed by atoms with Crippen LogP contribution in [0, 0.1) is 0 Å². The van der Waals surface area contributed by atoms with E-state index in [0.717, 1.165) is 18.2 Å². The van der Waals surface area contributed by atoms with Crippen LogP contribution in [0.2, 0.25) is 0 Å². The van der Waals surface area contributed by atoms with Crippen LogP contribution in [0.25, 0.3) is 11.1 Å². The fourth-order valence-electron chi connectivity index (χ4n) is 2.51. The second-order valence-electron chi connectivity index (χ2n) is 5.49. The lowest BCUT2D eigenvalue weighted by Gasteiger charge is -2.14. The lowest BCUT2D eigenvalue weighted by Crippen LogP contribution is -2.13. The molecule has 2 aromatic rings. The van der Waals surface area contributed by atoms with Gasteiger partial charge in [-0.05, 0) is 23.6 Å². The number of nitrogens with zero attached hydrogens (tertiary/aromatic N) is 2. The van der Waals surface area contributed by atoms with Crippen LogP contribution in [-0.4, -0.2) is 29.3 Å². The van der Waals surface area contributed by atoms with Gasteiger partial charge in [0.15, 0.2) is 5.69 Å². The van der Waals surface area contributed by atoms with E-state index >= 15 is 0 Å². The first kappa shape index (κ1) is 16.7. The number of aromatic nitrogens is 2. The minimum Gasteiger partial charge on any atom is -0.379 e. The summed E-state index contributed by atoms with van der Waals surface area (Å²) >= 11 is 0. The van der Waals surface area contributed by atoms with Crippen LogP contribution in [-0.2, 0) is 22.3 Å². The molecule has 0 saturated carbocycles. The molecule has 5 nitrogen and oxygen atoms in total. The average Bonchev–Trinajstić information content (AvgIpc) is 3.06. The summed E-state index contributed by atoms with van der Waals surface area (Å²) in [5.41, 5.74) is 5.28. The molecule has 1 aromatic carbocycles. The predicted molar refractivity (Wildman–Crippen MR) is 80.9 cm³/mol. The van der Waals surface area contributed by atoms with Crippen molar-refractivity contribution in [2.45, 2.75) is 25.3 Å². The monoisotopic (exact) mass is 339 g/mol. The molecular formula is C16H16F3N3O2. The molecular weight excluding hydrogens is 323 g/mol. The quantitative estimate of drug-likeness (QED) is 0.927. The van der Waals surface area contributed by atoms with Crippen LogP contribution in [0.4, 0.5) is 19.1 Å². The molecule has 1 aromatic heterocycles. The van der Waals surface area contributed by atoms with Crippen molar-refractivity contribution in [2.75, 3.05) is 18.9 Å². The normalized spacial score (nSPS) is 18.0. The van der Waals surface area contributed by atoms with Gasteiger partial charge in [0.25, 0.3) is 0 Å². The molecule has 0 radical (unpaired) electrons. The standard InChI is InChI=1S/C16H16F3N3O2/c17-16(18,19)14-13(7-21-15(20)22-14)11-3-1-2-10(6-11)8-24-12-4-5-23-9-12/h1-3,6-7,12H,4-5,8-9H2,(H2,20,21,22)/t12-/m0/s1. The number of nitrogen functional groups attached to an aromatic ring is 1. The van der Waals surface area contributed by atoms with E-state index in [1.54, 1.807) is 24.3 Å². The lowest BCUT2D eigenvalue weighted by atomic mass is 10.0. The minimum absolute atomic E-state index is 0.0271. The number of hydrogen-bond acceptors (Lipinski definition) is 5. The maximum Gasteiger partial charge on any atom is 0.434 e. The van der Waals surface area contributed by atoms with Crippen molar-refractivity contribution in [3.63, 3.8) is 0 Å². The van der Waals surface area contributed by atoms with E-state index in [-0.39, 0.29) is 11.7 Å². The van der Waals surface area contributed by atoms with Gasteiger partial charge in [-0.3, -0.25) is 0 Å². The number of halogens is 3. The molecule has 1 fully saturated rings. The molecule has 24 heavy (non-hydrogen) atoms. The number of alkyl halides is 3. The van der Waals surface area contributed by atoms with Gasteiger partial charge in [-0.2, -0.15) is 13.2 Å². The van der Waals surface area contributed by atoms with Crippen molar-refractivity contribution >= 4 is 5.95 Å². The van der Waals surface area contributed by atoms with Crippen LogP contribution in [0.5, 0.6) is 0 Å². The third-order valence-electron chi connectivity index (χ3n) is 3.69. The minimum atomic E-state index is -4.61. The fraction of sp³-hybridized carbons (Fsp3) is 0.375. The highest BCUT2D eigenvalue weighted by Crippen LogP contribution is 2.35. The van der Waals surface area contributed by atoms with Gasteiger partial charge in [-0.1, -0.05) is 18.2 Å². The summed E-state index contributed by atoms with van der Waals surface area (Å²) in [5, 5.41) is 0. The van der Waals surface area contributed by atoms with Crippen LogP contribution < -0.4 is 5.73 Å². The summed E-state index contributed by atoms with van der Waals surface area (Å²) in [6, 6.07) is 6.69. The zero-order chi connectivity index (χ0) is 17.2. The summed E-state index contributed by atoms with van der Waals surface area (Å²) < 4.78 is 50.5. The summed E-state index contributed by atoms with van der Waals surface area (Å²) in [4.78, 5) is 7.04. The molecule has 2 heterocycles. The van der Waals surface area contributed by atoms with Gasteiger partial charge in [0.1, 0.15) is 0 Å². The maximum absolute atomic E-state index is 13.2. The van der Waals surface area contributed by atoms with Crippen molar-refractivity contribution in [3.8, 4) is 11.1 Å². The maximum atomic E-state index is 13.2. The van der Waals surface area contributed by atoms with E-state index in [0.29, 0.717) is 25.4 Å². The Balaban J connectivity index is 1.86. The number of nitrogens with two attached hydrogens (primary N) is 1. The van der Waals surface area contributed by atoms with E-state index in [1.807, 2.05) is 0 Å². The highest BCUT2D eigenvalue weighted by Gasteiger charge is 2.36. The Hall–Kier alpha value is -2.19. The van der Waals surface area contributed by atoms with Crippen LogP contribution in [0.1, 0.15) is 17.7 Å². The molecule has 2 N–H and O–H groups in total. The second kappa shape index (κ2) is 6.74. The Bertz CT molecular complexity index is 716. The Kier molecular flexibility index (Phi) is 4.68. The Morgan fingerprint density at radius 1 is 1.33 bits per heavy atom. The third-order valence-corrected chi connectivity index (χ3v) is 3.69. The van der Waals surface area contributed by atoms with Gasteiger partial charge in [0, 0.05) is 18.4 Å². The molecule has 0 aliphatic carbocycles. The van der Waals surface area contributed by atoms with Crippen molar-refractivity contribution in [1.29, 1.82) is 0 Å². The van der Waals surface area contributed by atoms with E-state index in [9.17, 15) is 13.2 Å². The fourth-order valence-corrected chi connectivity index (χ4v) is 2.51. The summed E-state index contributed by atoms with van der Waals surface area (Å²) in [6.07, 6.45) is -2.67. The van der Waals surface area contributed by atoms with Gasteiger partial charge < -0.3 is 15.2 Å². The van der Waals surface area contributed by atoms with Crippen molar-refractivity contribution in [3.05, 3.63) is 41.7 Å². The van der Waals surface area contributed by atoms with E-state index in [4.69, 9.17) is 15.2 Å². The lowest BCUT2D eigenvalue weighted by molar-refractivity contribution is -0.140. The molecule has 1 aliphatic heterocycles. The highest BCUT2D eigenvalue weighted by molar-refractivity contribution is 5.67. The molecule has 1 atom stereocenters. The zero-order valence-electron chi connectivity index (χ0n) is 12.7. The van der Waals surface area contributed by atoms with E-state index in [1.165, 1.54) is 0 Å². The highest BCUT2D eigenvalue weighted by atomic mass is 19.4. The van der Waals surface area contributed by atoms with Gasteiger partial charge in [0.05, 0.1) is 19.3 Å². The molecule has 0 bridgehead atoms. The molecule has 3 rings (SSSR count). The summed E-state index contributed by atoms with van der Waals surface area (Å²) in [6.45, 7) is 1.52. The van der Waals surface area contributed by atoms with Crippen LogP contribution >= 0.6 is 0 Å². The van der Waals surface area contributed by atoms with Gasteiger partial charge in [-0.15, -0.1) is 0 Å². The number of ether oxygens (including phenoxy) is 2. The Morgan fingerprint density at radius 3 is 2.88 bits per heavy atom. The van der Waals surface area contributed by atoms with E-state index < -0.39 is 17.8 Å². The summed E-state index contributed by atoms with van der Waals surface area (Å²) in [5.74, 6) is -0.410. The van der Waals surface area contributed by atoms with Gasteiger partial charge in [-0.25, -0.2) is 9.97 Å². The largest absolute Gasteiger partial charge is 0.434 e. The third kappa shape index (κ3) is 3.82. The van der Waals surface area contributed by atoms with Crippen LogP contribution in [0.15, 0.2) is 30.5 Å². The molecule has 128 valence electrons. The first-order chi connectivity index (χ1) is 11.4. The number of anilines is 1. The van der Waals surface area contributed by atoms with Crippen molar-refractivity contribution in [2.24, 2.45) is 0 Å². The topological polar surface area (TPSA) is 70.3 Å². The van der Waals surface area contributed by atoms with Crippen LogP contribution in [0.3, 0.4) is 0 Å². The molecule has 0 spiro atoms. The van der Waals surface area contributed by atoms with Gasteiger partial charge in [0.2, 0.25) is 5.95 Å². The number of hydrogen-bond donors (Lipinski definition) is 1. The molecule has 0 unspecified atom stereocenters.